The van der Waals surface area contributed by atoms with Crippen LogP contribution in [0.5, 0.6) is 0 Å². The first kappa shape index (κ1) is 18.3. The Morgan fingerprint density at radius 1 is 1.04 bits per heavy atom. The molecule has 4 rings (SSSR count). The Balaban J connectivity index is 1.79. The zero-order valence-electron chi connectivity index (χ0n) is 16.2. The van der Waals surface area contributed by atoms with E-state index in [0.29, 0.717) is 29.3 Å². The fraction of sp³-hybridized carbons (Fsp3) is 0.381. The summed E-state index contributed by atoms with van der Waals surface area (Å²) in [6.07, 6.45) is 7.03. The number of aryl methyl sites for hydroxylation is 1. The Morgan fingerprint density at radius 3 is 2.54 bits per heavy atom. The first-order valence-electron chi connectivity index (χ1n) is 9.78. The first-order chi connectivity index (χ1) is 13.6. The minimum atomic E-state index is -0.336. The molecule has 0 fully saturated rings. The quantitative estimate of drug-likeness (QED) is 0.459. The van der Waals surface area contributed by atoms with Crippen LogP contribution in [0.3, 0.4) is 0 Å². The van der Waals surface area contributed by atoms with Gasteiger partial charge in [0.2, 0.25) is 0 Å². The van der Waals surface area contributed by atoms with Crippen molar-refractivity contribution in [2.24, 2.45) is 7.05 Å². The van der Waals surface area contributed by atoms with Crippen molar-refractivity contribution in [1.29, 1.82) is 0 Å². The van der Waals surface area contributed by atoms with E-state index in [1.54, 1.807) is 17.6 Å². The lowest BCUT2D eigenvalue weighted by Crippen LogP contribution is -2.39. The van der Waals surface area contributed by atoms with Gasteiger partial charge in [-0.25, -0.2) is 4.79 Å². The minimum Gasteiger partial charge on any atom is -0.423 e. The molecule has 0 atom stereocenters. The van der Waals surface area contributed by atoms with Crippen LogP contribution in [0.2, 0.25) is 0 Å². The summed E-state index contributed by atoms with van der Waals surface area (Å²) in [5.41, 5.74) is 0.966. The molecule has 0 spiro atoms. The van der Waals surface area contributed by atoms with Crippen molar-refractivity contribution < 1.29 is 4.42 Å². The summed E-state index contributed by atoms with van der Waals surface area (Å²) in [5, 5.41) is 0. The SMILES string of the molecule is CCCCCCCn1c(=O)c2c(nc3oc(-c4ccccc4)cn32)n(C)c1=O. The highest BCUT2D eigenvalue weighted by molar-refractivity contribution is 5.76. The number of imidazole rings is 1. The summed E-state index contributed by atoms with van der Waals surface area (Å²) in [7, 11) is 1.64. The molecule has 4 aromatic rings. The summed E-state index contributed by atoms with van der Waals surface area (Å²) < 4.78 is 10.2. The fourth-order valence-electron chi connectivity index (χ4n) is 3.56. The Bertz CT molecular complexity index is 1230. The predicted molar refractivity (Wildman–Crippen MR) is 109 cm³/mol. The fourth-order valence-corrected chi connectivity index (χ4v) is 3.56. The van der Waals surface area contributed by atoms with E-state index in [2.05, 4.69) is 11.9 Å². The summed E-state index contributed by atoms with van der Waals surface area (Å²) in [6, 6.07) is 9.65. The zero-order chi connectivity index (χ0) is 19.7. The first-order valence-corrected chi connectivity index (χ1v) is 9.78. The third kappa shape index (κ3) is 3.06. The highest BCUT2D eigenvalue weighted by Crippen LogP contribution is 2.24. The van der Waals surface area contributed by atoms with Gasteiger partial charge in [0.25, 0.3) is 5.56 Å². The molecule has 0 aliphatic rings. The van der Waals surface area contributed by atoms with Crippen LogP contribution in [-0.4, -0.2) is 18.5 Å². The molecule has 0 radical (unpaired) electrons. The second kappa shape index (κ2) is 7.50. The molecule has 7 heteroatoms. The average Bonchev–Trinajstić information content (AvgIpc) is 3.27. The average molecular weight is 380 g/mol. The van der Waals surface area contributed by atoms with Crippen LogP contribution in [0.4, 0.5) is 0 Å². The highest BCUT2D eigenvalue weighted by Gasteiger charge is 2.19. The van der Waals surface area contributed by atoms with Gasteiger partial charge >= 0.3 is 11.5 Å². The van der Waals surface area contributed by atoms with Gasteiger partial charge in [-0.1, -0.05) is 62.9 Å². The van der Waals surface area contributed by atoms with Crippen LogP contribution in [0.15, 0.2) is 50.5 Å². The van der Waals surface area contributed by atoms with Gasteiger partial charge in [0.1, 0.15) is 0 Å². The number of nitrogens with zero attached hydrogens (tertiary/aromatic N) is 4. The van der Waals surface area contributed by atoms with Gasteiger partial charge in [0.15, 0.2) is 16.9 Å². The summed E-state index contributed by atoms with van der Waals surface area (Å²) >= 11 is 0. The molecule has 0 bridgehead atoms. The molecule has 28 heavy (non-hydrogen) atoms. The monoisotopic (exact) mass is 380 g/mol. The molecule has 0 unspecified atom stereocenters. The molecule has 7 nitrogen and oxygen atoms in total. The second-order valence-corrected chi connectivity index (χ2v) is 7.11. The Hall–Kier alpha value is -3.09. The van der Waals surface area contributed by atoms with Crippen molar-refractivity contribution in [2.75, 3.05) is 0 Å². The molecular weight excluding hydrogens is 356 g/mol. The molecule has 3 heterocycles. The van der Waals surface area contributed by atoms with E-state index >= 15 is 0 Å². The van der Waals surface area contributed by atoms with E-state index in [4.69, 9.17) is 4.42 Å². The van der Waals surface area contributed by atoms with Gasteiger partial charge in [-0.15, -0.1) is 0 Å². The number of aromatic nitrogens is 4. The van der Waals surface area contributed by atoms with E-state index in [-0.39, 0.29) is 11.2 Å². The van der Waals surface area contributed by atoms with Crippen molar-refractivity contribution in [3.63, 3.8) is 0 Å². The molecule has 146 valence electrons. The van der Waals surface area contributed by atoms with Crippen molar-refractivity contribution in [3.05, 3.63) is 57.4 Å². The van der Waals surface area contributed by atoms with E-state index in [1.165, 1.54) is 15.6 Å². The third-order valence-electron chi connectivity index (χ3n) is 5.13. The lowest BCUT2D eigenvalue weighted by atomic mass is 10.1. The lowest BCUT2D eigenvalue weighted by molar-refractivity contribution is 0.532. The van der Waals surface area contributed by atoms with Gasteiger partial charge < -0.3 is 4.42 Å². The van der Waals surface area contributed by atoms with Gasteiger partial charge in [-0.3, -0.25) is 18.3 Å². The summed E-state index contributed by atoms with van der Waals surface area (Å²) in [4.78, 5) is 30.1. The molecule has 0 aliphatic carbocycles. The number of unbranched alkanes of at least 4 members (excludes halogenated alkanes) is 4. The van der Waals surface area contributed by atoms with Gasteiger partial charge in [-0.2, -0.15) is 4.98 Å². The number of benzene rings is 1. The normalized spacial score (nSPS) is 11.6. The van der Waals surface area contributed by atoms with Crippen LogP contribution < -0.4 is 11.2 Å². The maximum atomic E-state index is 13.1. The van der Waals surface area contributed by atoms with Crippen molar-refractivity contribution >= 4 is 17.0 Å². The molecule has 3 aromatic heterocycles. The van der Waals surface area contributed by atoms with E-state index < -0.39 is 0 Å². The van der Waals surface area contributed by atoms with Crippen LogP contribution in [-0.2, 0) is 13.6 Å². The van der Waals surface area contributed by atoms with Gasteiger partial charge in [0, 0.05) is 19.2 Å². The number of rotatable bonds is 7. The Labute approximate surface area is 161 Å². The highest BCUT2D eigenvalue weighted by atomic mass is 16.4. The number of hydrogen-bond donors (Lipinski definition) is 0. The topological polar surface area (TPSA) is 74.4 Å². The van der Waals surface area contributed by atoms with Crippen molar-refractivity contribution in [2.45, 2.75) is 45.6 Å². The van der Waals surface area contributed by atoms with Gasteiger partial charge in [-0.05, 0) is 6.42 Å². The number of oxazole rings is 1. The maximum absolute atomic E-state index is 13.1. The summed E-state index contributed by atoms with van der Waals surface area (Å²) in [6.45, 7) is 2.58. The Morgan fingerprint density at radius 2 is 1.79 bits per heavy atom. The largest absolute Gasteiger partial charge is 0.423 e. The van der Waals surface area contributed by atoms with Crippen molar-refractivity contribution in [1.82, 2.24) is 18.5 Å². The van der Waals surface area contributed by atoms with E-state index in [0.717, 1.165) is 31.2 Å². The predicted octanol–water partition coefficient (Wildman–Crippen LogP) is 3.58. The van der Waals surface area contributed by atoms with E-state index in [1.807, 2.05) is 30.3 Å². The molecule has 0 aliphatic heterocycles. The molecule has 1 aromatic carbocycles. The Kier molecular flexibility index (Phi) is 4.90. The second-order valence-electron chi connectivity index (χ2n) is 7.11. The standard InChI is InChI=1S/C21H24N4O3/c1-3-4-5-6-10-13-24-19(26)17-18(23(2)21(24)27)22-20-25(17)14-16(28-20)15-11-8-7-9-12-15/h7-9,11-12,14H,3-6,10,13H2,1-2H3. The summed E-state index contributed by atoms with van der Waals surface area (Å²) in [5.74, 6) is 0.936. The smallest absolute Gasteiger partial charge is 0.332 e. The van der Waals surface area contributed by atoms with Crippen LogP contribution >= 0.6 is 0 Å². The zero-order valence-corrected chi connectivity index (χ0v) is 16.2. The molecule has 0 amide bonds. The van der Waals surface area contributed by atoms with Crippen LogP contribution in [0, 0.1) is 0 Å². The molecule has 0 saturated heterocycles. The third-order valence-corrected chi connectivity index (χ3v) is 5.13. The van der Waals surface area contributed by atoms with Crippen molar-refractivity contribution in [3.8, 4) is 11.3 Å². The minimum absolute atomic E-state index is 0.307. The van der Waals surface area contributed by atoms with Gasteiger partial charge in [0.05, 0.1) is 6.20 Å². The van der Waals surface area contributed by atoms with Crippen LogP contribution in [0.1, 0.15) is 39.0 Å². The molecule has 0 N–H and O–H groups in total. The maximum Gasteiger partial charge on any atom is 0.332 e. The molecule has 0 saturated carbocycles. The number of fused-ring (bicyclic) bond motifs is 3. The lowest BCUT2D eigenvalue weighted by Gasteiger charge is -2.07. The van der Waals surface area contributed by atoms with E-state index in [9.17, 15) is 9.59 Å². The molecular formula is C21H24N4O3. The number of hydrogen-bond acceptors (Lipinski definition) is 4. The van der Waals surface area contributed by atoms with Crippen LogP contribution in [0.25, 0.3) is 28.3 Å².